The predicted octanol–water partition coefficient (Wildman–Crippen LogP) is 4.93. The molecule has 3 rings (SSSR count). The highest BCUT2D eigenvalue weighted by atomic mass is 35.5. The highest BCUT2D eigenvalue weighted by Crippen LogP contribution is 2.21. The molecule has 0 fully saturated rings. The summed E-state index contributed by atoms with van der Waals surface area (Å²) in [6, 6.07) is 13.3. The van der Waals surface area contributed by atoms with Crippen molar-refractivity contribution in [2.24, 2.45) is 0 Å². The van der Waals surface area contributed by atoms with E-state index in [1.54, 1.807) is 29.9 Å². The summed E-state index contributed by atoms with van der Waals surface area (Å²) in [4.78, 5) is 32.8. The number of amides is 1. The van der Waals surface area contributed by atoms with E-state index in [2.05, 4.69) is 36.2 Å². The van der Waals surface area contributed by atoms with Gasteiger partial charge in [-0.15, -0.1) is 0 Å². The highest BCUT2D eigenvalue weighted by Gasteiger charge is 2.17. The van der Waals surface area contributed by atoms with Crippen LogP contribution in [0.4, 0.5) is 0 Å². The van der Waals surface area contributed by atoms with Crippen molar-refractivity contribution in [1.29, 1.82) is 0 Å². The number of hydrogen-bond donors (Lipinski definition) is 0. The van der Waals surface area contributed by atoms with E-state index in [0.717, 1.165) is 12.0 Å². The van der Waals surface area contributed by atoms with Crippen molar-refractivity contribution in [3.8, 4) is 0 Å². The van der Waals surface area contributed by atoms with Gasteiger partial charge in [0.15, 0.2) is 5.16 Å². The van der Waals surface area contributed by atoms with Crippen LogP contribution in [0.25, 0.3) is 10.9 Å². The van der Waals surface area contributed by atoms with Crippen LogP contribution in [0, 0.1) is 6.92 Å². The zero-order valence-electron chi connectivity index (χ0n) is 19.3. The molecule has 0 aliphatic rings. The summed E-state index contributed by atoms with van der Waals surface area (Å²) in [7, 11) is 1.63. The van der Waals surface area contributed by atoms with Crippen LogP contribution in [-0.2, 0) is 22.6 Å². The second kappa shape index (κ2) is 12.2. The van der Waals surface area contributed by atoms with Gasteiger partial charge in [0.05, 0.1) is 16.7 Å². The third-order valence-corrected chi connectivity index (χ3v) is 6.47. The molecule has 3 aromatic rings. The quantitative estimate of drug-likeness (QED) is 0.218. The van der Waals surface area contributed by atoms with Crippen LogP contribution in [0.3, 0.4) is 0 Å². The van der Waals surface area contributed by atoms with Crippen molar-refractivity contribution < 1.29 is 9.53 Å². The van der Waals surface area contributed by atoms with Crippen molar-refractivity contribution in [2.75, 3.05) is 26.0 Å². The standard InChI is InChI=1S/C25H30ClN3O3S/c1-4-12-28(16-19-8-6-18(2)7-9-19)23(30)17-33-25-27-22-15-20(26)10-11-21(22)24(31)29(25)13-5-14-32-3/h6-11,15H,4-5,12-14,16-17H2,1-3H3. The first-order chi connectivity index (χ1) is 15.9. The molecule has 6 nitrogen and oxygen atoms in total. The molecule has 0 saturated heterocycles. The third kappa shape index (κ3) is 6.82. The van der Waals surface area contributed by atoms with E-state index < -0.39 is 0 Å². The minimum atomic E-state index is -0.132. The van der Waals surface area contributed by atoms with E-state index in [1.165, 1.54) is 17.3 Å². The molecule has 0 N–H and O–H groups in total. The number of hydrogen-bond acceptors (Lipinski definition) is 5. The number of rotatable bonds is 11. The van der Waals surface area contributed by atoms with Crippen LogP contribution in [0.1, 0.15) is 30.9 Å². The molecule has 0 aliphatic carbocycles. The van der Waals surface area contributed by atoms with Crippen LogP contribution < -0.4 is 5.56 Å². The Morgan fingerprint density at radius 2 is 1.97 bits per heavy atom. The molecule has 0 atom stereocenters. The summed E-state index contributed by atoms with van der Waals surface area (Å²) < 4.78 is 6.78. The second-order valence-corrected chi connectivity index (χ2v) is 9.33. The zero-order chi connectivity index (χ0) is 23.8. The Bertz CT molecular complexity index is 1150. The minimum absolute atomic E-state index is 0.0197. The highest BCUT2D eigenvalue weighted by molar-refractivity contribution is 7.99. The van der Waals surface area contributed by atoms with Crippen molar-refractivity contribution in [2.45, 2.75) is 44.9 Å². The van der Waals surface area contributed by atoms with E-state index in [0.29, 0.717) is 53.7 Å². The van der Waals surface area contributed by atoms with E-state index in [-0.39, 0.29) is 17.2 Å². The lowest BCUT2D eigenvalue weighted by Crippen LogP contribution is -2.33. The van der Waals surface area contributed by atoms with Gasteiger partial charge in [-0.05, 0) is 43.5 Å². The van der Waals surface area contributed by atoms with E-state index in [4.69, 9.17) is 16.3 Å². The first-order valence-electron chi connectivity index (χ1n) is 11.1. The molecule has 0 spiro atoms. The summed E-state index contributed by atoms with van der Waals surface area (Å²) >= 11 is 7.42. The maximum absolute atomic E-state index is 13.1. The molecule has 8 heteroatoms. The Morgan fingerprint density at radius 1 is 1.21 bits per heavy atom. The first-order valence-corrected chi connectivity index (χ1v) is 12.4. The zero-order valence-corrected chi connectivity index (χ0v) is 20.9. The Labute approximate surface area is 203 Å². The fourth-order valence-corrected chi connectivity index (χ4v) is 4.64. The monoisotopic (exact) mass is 487 g/mol. The molecule has 2 aromatic carbocycles. The lowest BCUT2D eigenvalue weighted by Gasteiger charge is -2.22. The SMILES string of the molecule is CCCN(Cc1ccc(C)cc1)C(=O)CSc1nc2cc(Cl)ccc2c(=O)n1CCCOC. The molecule has 1 heterocycles. The van der Waals surface area contributed by atoms with Gasteiger partial charge in [0.2, 0.25) is 5.91 Å². The fourth-order valence-electron chi connectivity index (χ4n) is 3.54. The predicted molar refractivity (Wildman–Crippen MR) is 135 cm³/mol. The molecule has 0 saturated carbocycles. The molecule has 176 valence electrons. The number of thioether (sulfide) groups is 1. The first kappa shape index (κ1) is 25.3. The maximum Gasteiger partial charge on any atom is 0.262 e. The van der Waals surface area contributed by atoms with Gasteiger partial charge in [0, 0.05) is 38.4 Å². The van der Waals surface area contributed by atoms with Gasteiger partial charge in [-0.1, -0.05) is 60.1 Å². The van der Waals surface area contributed by atoms with Crippen LogP contribution in [0.15, 0.2) is 52.4 Å². The Kier molecular flexibility index (Phi) is 9.35. The smallest absolute Gasteiger partial charge is 0.262 e. The number of carbonyl (C=O) groups is 1. The van der Waals surface area contributed by atoms with E-state index in [9.17, 15) is 9.59 Å². The topological polar surface area (TPSA) is 64.4 Å². The molecule has 1 amide bonds. The van der Waals surface area contributed by atoms with Crippen molar-refractivity contribution in [3.05, 3.63) is 69.0 Å². The minimum Gasteiger partial charge on any atom is -0.385 e. The van der Waals surface area contributed by atoms with Crippen LogP contribution >= 0.6 is 23.4 Å². The number of halogens is 1. The Balaban J connectivity index is 1.82. The van der Waals surface area contributed by atoms with Gasteiger partial charge in [-0.2, -0.15) is 0 Å². The van der Waals surface area contributed by atoms with Crippen molar-refractivity contribution in [3.63, 3.8) is 0 Å². The number of aryl methyl sites for hydroxylation is 1. The van der Waals surface area contributed by atoms with Gasteiger partial charge in [-0.3, -0.25) is 14.2 Å². The van der Waals surface area contributed by atoms with Crippen LogP contribution in [0.2, 0.25) is 5.02 Å². The van der Waals surface area contributed by atoms with Crippen LogP contribution in [0.5, 0.6) is 0 Å². The van der Waals surface area contributed by atoms with Crippen molar-refractivity contribution in [1.82, 2.24) is 14.5 Å². The van der Waals surface area contributed by atoms with Gasteiger partial charge >= 0.3 is 0 Å². The van der Waals surface area contributed by atoms with Crippen molar-refractivity contribution >= 4 is 40.2 Å². The summed E-state index contributed by atoms with van der Waals surface area (Å²) in [6.45, 7) is 6.35. The van der Waals surface area contributed by atoms with Gasteiger partial charge in [-0.25, -0.2) is 4.98 Å². The van der Waals surface area contributed by atoms with E-state index >= 15 is 0 Å². The summed E-state index contributed by atoms with van der Waals surface area (Å²) in [6.07, 6.45) is 1.55. The average molecular weight is 488 g/mol. The molecule has 0 unspecified atom stereocenters. The molecular weight excluding hydrogens is 458 g/mol. The van der Waals surface area contributed by atoms with Gasteiger partial charge < -0.3 is 9.64 Å². The molecule has 0 aliphatic heterocycles. The average Bonchev–Trinajstić information content (AvgIpc) is 2.80. The summed E-state index contributed by atoms with van der Waals surface area (Å²) in [5, 5.41) is 1.55. The molecule has 1 aromatic heterocycles. The summed E-state index contributed by atoms with van der Waals surface area (Å²) in [5.41, 5.74) is 2.70. The molecule has 0 radical (unpaired) electrons. The molecular formula is C25H30ClN3O3S. The number of aromatic nitrogens is 2. The lowest BCUT2D eigenvalue weighted by molar-refractivity contribution is -0.129. The van der Waals surface area contributed by atoms with Gasteiger partial charge in [0.25, 0.3) is 5.56 Å². The Hall–Kier alpha value is -2.35. The maximum atomic E-state index is 13.1. The Morgan fingerprint density at radius 3 is 2.67 bits per heavy atom. The number of ether oxygens (including phenoxy) is 1. The number of carbonyl (C=O) groups excluding carboxylic acids is 1. The lowest BCUT2D eigenvalue weighted by atomic mass is 10.1. The largest absolute Gasteiger partial charge is 0.385 e. The van der Waals surface area contributed by atoms with Crippen LogP contribution in [-0.4, -0.2) is 46.4 Å². The second-order valence-electron chi connectivity index (χ2n) is 7.95. The molecule has 33 heavy (non-hydrogen) atoms. The molecule has 0 bridgehead atoms. The third-order valence-electron chi connectivity index (χ3n) is 5.28. The number of fused-ring (bicyclic) bond motifs is 1. The number of nitrogens with zero attached hydrogens (tertiary/aromatic N) is 3. The summed E-state index contributed by atoms with van der Waals surface area (Å²) in [5.74, 6) is 0.223. The number of methoxy groups -OCH3 is 1. The van der Waals surface area contributed by atoms with E-state index in [1.807, 2.05) is 11.8 Å². The fraction of sp³-hybridized carbons (Fsp3) is 0.400. The van der Waals surface area contributed by atoms with Gasteiger partial charge in [0.1, 0.15) is 0 Å². The number of benzene rings is 2. The normalized spacial score (nSPS) is 11.2.